The standard InChI is InChI=1S/C29H35N3O3.2ClH/c1-21(2)28(20-31-16-17-32(22(3)19-31)24-8-7-9-25(33)18-24)30-29(34)23-12-14-27(15-13-23)35-26-10-5-4-6-11-26;;/h4-15,18,21-22,28,33H,16-17,19-20H2,1-3H3,(H,30,34);2*1H/t22-,28?;;/m0../s1. The average Bonchev–Trinajstić information content (AvgIpc) is 2.84. The number of aromatic hydroxyl groups is 1. The summed E-state index contributed by atoms with van der Waals surface area (Å²) in [7, 11) is 0. The number of hydrogen-bond donors (Lipinski definition) is 2. The molecule has 1 aliphatic heterocycles. The van der Waals surface area contributed by atoms with E-state index >= 15 is 0 Å². The van der Waals surface area contributed by atoms with Crippen molar-refractivity contribution in [2.75, 3.05) is 31.1 Å². The van der Waals surface area contributed by atoms with Crippen molar-refractivity contribution in [3.05, 3.63) is 84.4 Å². The molecular formula is C29H37Cl2N3O3. The van der Waals surface area contributed by atoms with E-state index in [1.165, 1.54) is 0 Å². The van der Waals surface area contributed by atoms with Crippen LogP contribution in [0.15, 0.2) is 78.9 Å². The maximum Gasteiger partial charge on any atom is 0.251 e. The molecule has 1 amide bonds. The molecule has 1 heterocycles. The monoisotopic (exact) mass is 545 g/mol. The van der Waals surface area contributed by atoms with Crippen LogP contribution >= 0.6 is 24.8 Å². The molecule has 3 aromatic carbocycles. The number of nitrogens with one attached hydrogen (secondary N) is 1. The minimum absolute atomic E-state index is 0. The van der Waals surface area contributed by atoms with Crippen LogP contribution in [0.4, 0.5) is 5.69 Å². The molecule has 1 saturated heterocycles. The molecule has 4 rings (SSSR count). The Morgan fingerprint density at radius 2 is 1.65 bits per heavy atom. The van der Waals surface area contributed by atoms with Crippen LogP contribution in [0.2, 0.25) is 0 Å². The van der Waals surface area contributed by atoms with Gasteiger partial charge >= 0.3 is 0 Å². The van der Waals surface area contributed by atoms with Crippen LogP contribution in [0.3, 0.4) is 0 Å². The highest BCUT2D eigenvalue weighted by molar-refractivity contribution is 5.94. The van der Waals surface area contributed by atoms with Crippen molar-refractivity contribution in [3.8, 4) is 17.2 Å². The minimum atomic E-state index is -0.0681. The first-order chi connectivity index (χ1) is 16.9. The van der Waals surface area contributed by atoms with Crippen molar-refractivity contribution in [2.24, 2.45) is 5.92 Å². The number of carbonyl (C=O) groups excluding carboxylic acids is 1. The highest BCUT2D eigenvalue weighted by Crippen LogP contribution is 2.25. The fourth-order valence-corrected chi connectivity index (χ4v) is 4.51. The number of halogens is 2. The van der Waals surface area contributed by atoms with Gasteiger partial charge in [-0.15, -0.1) is 24.8 Å². The van der Waals surface area contributed by atoms with Gasteiger partial charge in [-0.25, -0.2) is 0 Å². The summed E-state index contributed by atoms with van der Waals surface area (Å²) in [6, 6.07) is 24.7. The zero-order valence-corrected chi connectivity index (χ0v) is 23.2. The van der Waals surface area contributed by atoms with Gasteiger partial charge in [0, 0.05) is 55.6 Å². The Balaban J connectivity index is 0.00000241. The molecule has 0 aromatic heterocycles. The number of phenolic OH excluding ortho intramolecular Hbond substituents is 1. The number of benzene rings is 3. The molecule has 200 valence electrons. The van der Waals surface area contributed by atoms with Gasteiger partial charge in [-0.05, 0) is 61.4 Å². The predicted molar refractivity (Wildman–Crippen MR) is 155 cm³/mol. The van der Waals surface area contributed by atoms with E-state index in [1.54, 1.807) is 18.2 Å². The molecule has 1 aliphatic rings. The van der Waals surface area contributed by atoms with E-state index in [1.807, 2.05) is 60.7 Å². The lowest BCUT2D eigenvalue weighted by molar-refractivity contribution is 0.0903. The molecule has 1 fully saturated rings. The number of ether oxygens (including phenoxy) is 1. The van der Waals surface area contributed by atoms with Gasteiger partial charge in [0.05, 0.1) is 0 Å². The van der Waals surface area contributed by atoms with Crippen molar-refractivity contribution in [1.29, 1.82) is 0 Å². The number of hydrogen-bond acceptors (Lipinski definition) is 5. The Labute approximate surface area is 232 Å². The van der Waals surface area contributed by atoms with E-state index in [4.69, 9.17) is 4.74 Å². The molecule has 8 heteroatoms. The second kappa shape index (κ2) is 14.1. The van der Waals surface area contributed by atoms with E-state index in [0.29, 0.717) is 29.0 Å². The number of nitrogens with zero attached hydrogens (tertiary/aromatic N) is 2. The molecule has 0 spiro atoms. The van der Waals surface area contributed by atoms with Gasteiger partial charge < -0.3 is 20.1 Å². The summed E-state index contributed by atoms with van der Waals surface area (Å²) in [6.07, 6.45) is 0. The number of anilines is 1. The number of piperazine rings is 1. The third-order valence-electron chi connectivity index (χ3n) is 6.54. The molecule has 6 nitrogen and oxygen atoms in total. The number of rotatable bonds is 8. The lowest BCUT2D eigenvalue weighted by Crippen LogP contribution is -2.56. The van der Waals surface area contributed by atoms with Crippen molar-refractivity contribution in [1.82, 2.24) is 10.2 Å². The molecule has 37 heavy (non-hydrogen) atoms. The average molecular weight is 547 g/mol. The van der Waals surface area contributed by atoms with Crippen molar-refractivity contribution in [3.63, 3.8) is 0 Å². The summed E-state index contributed by atoms with van der Waals surface area (Å²) in [5.74, 6) is 1.99. The second-order valence-corrected chi connectivity index (χ2v) is 9.59. The van der Waals surface area contributed by atoms with Crippen LogP contribution in [0, 0.1) is 5.92 Å². The Bertz CT molecular complexity index is 1110. The molecule has 0 bridgehead atoms. The summed E-state index contributed by atoms with van der Waals surface area (Å²) in [5, 5.41) is 13.1. The molecule has 0 aliphatic carbocycles. The van der Waals surface area contributed by atoms with Gasteiger partial charge in [-0.2, -0.15) is 0 Å². The quantitative estimate of drug-likeness (QED) is 0.363. The molecule has 2 atom stereocenters. The van der Waals surface area contributed by atoms with Gasteiger partial charge in [-0.3, -0.25) is 9.69 Å². The summed E-state index contributed by atoms with van der Waals surface area (Å²) < 4.78 is 5.83. The van der Waals surface area contributed by atoms with Crippen LogP contribution in [0.25, 0.3) is 0 Å². The van der Waals surface area contributed by atoms with E-state index in [0.717, 1.165) is 37.6 Å². The van der Waals surface area contributed by atoms with Gasteiger partial charge in [-0.1, -0.05) is 38.1 Å². The van der Waals surface area contributed by atoms with E-state index < -0.39 is 0 Å². The molecule has 0 radical (unpaired) electrons. The summed E-state index contributed by atoms with van der Waals surface area (Å²) in [5.41, 5.74) is 1.67. The molecule has 2 N–H and O–H groups in total. The second-order valence-electron chi connectivity index (χ2n) is 9.59. The van der Waals surface area contributed by atoms with Gasteiger partial charge in [0.25, 0.3) is 5.91 Å². The number of phenols is 1. The highest BCUT2D eigenvalue weighted by atomic mass is 35.5. The summed E-state index contributed by atoms with van der Waals surface area (Å²) in [6.45, 7) is 9.99. The Kier molecular flexibility index (Phi) is 11.6. The topological polar surface area (TPSA) is 65.0 Å². The SMILES string of the molecule is CC(C)C(CN1CCN(c2cccc(O)c2)[C@@H](C)C1)NC(=O)c1ccc(Oc2ccccc2)cc1.Cl.Cl. The van der Waals surface area contributed by atoms with E-state index in [2.05, 4.69) is 35.9 Å². The summed E-state index contributed by atoms with van der Waals surface area (Å²) >= 11 is 0. The fraction of sp³-hybridized carbons (Fsp3) is 0.345. The first-order valence-electron chi connectivity index (χ1n) is 12.3. The maximum absolute atomic E-state index is 13.0. The van der Waals surface area contributed by atoms with Crippen molar-refractivity contribution < 1.29 is 14.6 Å². The Hall–Kier alpha value is -2.93. The molecule has 1 unspecified atom stereocenters. The minimum Gasteiger partial charge on any atom is -0.508 e. The third kappa shape index (κ3) is 8.29. The predicted octanol–water partition coefficient (Wildman–Crippen LogP) is 5.99. The molecule has 3 aromatic rings. The fourth-order valence-electron chi connectivity index (χ4n) is 4.51. The number of para-hydroxylation sites is 1. The number of carbonyl (C=O) groups is 1. The first-order valence-corrected chi connectivity index (χ1v) is 12.3. The lowest BCUT2D eigenvalue weighted by atomic mass is 10.0. The van der Waals surface area contributed by atoms with E-state index in [9.17, 15) is 9.90 Å². The smallest absolute Gasteiger partial charge is 0.251 e. The van der Waals surface area contributed by atoms with Crippen molar-refractivity contribution >= 4 is 36.4 Å². The third-order valence-corrected chi connectivity index (χ3v) is 6.54. The van der Waals surface area contributed by atoms with Crippen molar-refractivity contribution in [2.45, 2.75) is 32.9 Å². The van der Waals surface area contributed by atoms with Crippen LogP contribution in [0.1, 0.15) is 31.1 Å². The van der Waals surface area contributed by atoms with Crippen LogP contribution in [0.5, 0.6) is 17.2 Å². The first kappa shape index (κ1) is 30.3. The molecular weight excluding hydrogens is 509 g/mol. The number of amides is 1. The van der Waals surface area contributed by atoms with Gasteiger partial charge in [0.15, 0.2) is 0 Å². The van der Waals surface area contributed by atoms with E-state index in [-0.39, 0.29) is 36.8 Å². The van der Waals surface area contributed by atoms with Crippen LogP contribution < -0.4 is 15.0 Å². The largest absolute Gasteiger partial charge is 0.508 e. The Morgan fingerprint density at radius 3 is 2.27 bits per heavy atom. The lowest BCUT2D eigenvalue weighted by Gasteiger charge is -2.42. The van der Waals surface area contributed by atoms with Crippen LogP contribution in [-0.2, 0) is 0 Å². The van der Waals surface area contributed by atoms with Crippen LogP contribution in [-0.4, -0.2) is 54.2 Å². The normalized spacial score (nSPS) is 16.3. The Morgan fingerprint density at radius 1 is 0.973 bits per heavy atom. The maximum atomic E-state index is 13.0. The highest BCUT2D eigenvalue weighted by Gasteiger charge is 2.27. The van der Waals surface area contributed by atoms with Gasteiger partial charge in [0.1, 0.15) is 17.2 Å². The zero-order chi connectivity index (χ0) is 24.8. The van der Waals surface area contributed by atoms with Gasteiger partial charge in [0.2, 0.25) is 0 Å². The summed E-state index contributed by atoms with van der Waals surface area (Å²) in [4.78, 5) is 17.8. The zero-order valence-electron chi connectivity index (χ0n) is 21.5. The molecule has 0 saturated carbocycles.